The first-order valence-corrected chi connectivity index (χ1v) is 7.57. The summed E-state index contributed by atoms with van der Waals surface area (Å²) >= 11 is 5.95. The third kappa shape index (κ3) is 4.36. The molecule has 1 aromatic carbocycles. The third-order valence-corrected chi connectivity index (χ3v) is 3.78. The molecule has 0 fully saturated rings. The van der Waals surface area contributed by atoms with Crippen molar-refractivity contribution in [2.45, 2.75) is 26.8 Å². The lowest BCUT2D eigenvalue weighted by Gasteiger charge is -2.10. The number of H-pyrrole nitrogens is 1. The maximum Gasteiger partial charge on any atom is 0.253 e. The van der Waals surface area contributed by atoms with Crippen LogP contribution in [-0.4, -0.2) is 18.0 Å². The van der Waals surface area contributed by atoms with Gasteiger partial charge in [0.2, 0.25) is 5.91 Å². The minimum Gasteiger partial charge on any atom is -0.496 e. The van der Waals surface area contributed by atoms with Gasteiger partial charge < -0.3 is 15.0 Å². The monoisotopic (exact) mass is 334 g/mol. The lowest BCUT2D eigenvalue weighted by molar-refractivity contribution is -0.120. The molecule has 2 rings (SSSR count). The van der Waals surface area contributed by atoms with Gasteiger partial charge in [0, 0.05) is 28.4 Å². The Balaban J connectivity index is 2.07. The molecule has 122 valence electrons. The van der Waals surface area contributed by atoms with Crippen molar-refractivity contribution in [1.82, 2.24) is 10.3 Å². The summed E-state index contributed by atoms with van der Waals surface area (Å²) in [6.45, 7) is 3.86. The normalized spacial score (nSPS) is 10.4. The second-order valence-electron chi connectivity index (χ2n) is 5.35. The summed E-state index contributed by atoms with van der Waals surface area (Å²) in [5, 5.41) is 3.30. The van der Waals surface area contributed by atoms with E-state index in [1.807, 2.05) is 19.9 Å². The second kappa shape index (κ2) is 7.33. The zero-order valence-electron chi connectivity index (χ0n) is 13.3. The van der Waals surface area contributed by atoms with Gasteiger partial charge in [-0.3, -0.25) is 9.59 Å². The average molecular weight is 335 g/mol. The molecule has 23 heavy (non-hydrogen) atoms. The zero-order chi connectivity index (χ0) is 17.0. The Morgan fingerprint density at radius 2 is 2.04 bits per heavy atom. The number of aryl methyl sites for hydroxylation is 2. The van der Waals surface area contributed by atoms with Crippen LogP contribution in [0.1, 0.15) is 22.4 Å². The van der Waals surface area contributed by atoms with Crippen molar-refractivity contribution in [3.8, 4) is 5.75 Å². The maximum atomic E-state index is 12.1. The predicted molar refractivity (Wildman–Crippen MR) is 90.1 cm³/mol. The smallest absolute Gasteiger partial charge is 0.253 e. The Kier molecular flexibility index (Phi) is 5.45. The lowest BCUT2D eigenvalue weighted by Crippen LogP contribution is -2.29. The van der Waals surface area contributed by atoms with Gasteiger partial charge in [0.15, 0.2) is 0 Å². The quantitative estimate of drug-likeness (QED) is 0.882. The molecule has 0 aliphatic carbocycles. The molecule has 1 amide bonds. The molecule has 0 spiro atoms. The molecule has 2 N–H and O–H groups in total. The number of ether oxygens (including phenoxy) is 1. The molecular formula is C17H19ClN2O3. The third-order valence-electron chi connectivity index (χ3n) is 3.55. The van der Waals surface area contributed by atoms with Gasteiger partial charge in [0.1, 0.15) is 5.75 Å². The highest BCUT2D eigenvalue weighted by molar-refractivity contribution is 6.30. The van der Waals surface area contributed by atoms with Gasteiger partial charge in [-0.2, -0.15) is 0 Å². The largest absolute Gasteiger partial charge is 0.496 e. The molecule has 0 bridgehead atoms. The number of nitrogens with one attached hydrogen (secondary N) is 2. The molecule has 2 aromatic rings. The number of amides is 1. The van der Waals surface area contributed by atoms with E-state index in [0.717, 1.165) is 11.3 Å². The van der Waals surface area contributed by atoms with Gasteiger partial charge in [-0.15, -0.1) is 0 Å². The fourth-order valence-corrected chi connectivity index (χ4v) is 2.60. The van der Waals surface area contributed by atoms with Crippen molar-refractivity contribution in [3.63, 3.8) is 0 Å². The van der Waals surface area contributed by atoms with Gasteiger partial charge in [-0.25, -0.2) is 0 Å². The average Bonchev–Trinajstić information content (AvgIpc) is 2.46. The first-order valence-electron chi connectivity index (χ1n) is 7.19. The van der Waals surface area contributed by atoms with Gasteiger partial charge in [0.25, 0.3) is 5.56 Å². The number of halogens is 1. The summed E-state index contributed by atoms with van der Waals surface area (Å²) in [5.74, 6) is 0.402. The number of carbonyl (C=O) groups excluding carboxylic acids is 1. The van der Waals surface area contributed by atoms with Crippen molar-refractivity contribution >= 4 is 17.5 Å². The first-order chi connectivity index (χ1) is 10.9. The van der Waals surface area contributed by atoms with Gasteiger partial charge >= 0.3 is 0 Å². The Labute approximate surface area is 139 Å². The van der Waals surface area contributed by atoms with Crippen LogP contribution in [-0.2, 0) is 17.8 Å². The number of hydrogen-bond acceptors (Lipinski definition) is 3. The highest BCUT2D eigenvalue weighted by Crippen LogP contribution is 2.23. The van der Waals surface area contributed by atoms with Crippen LogP contribution in [0, 0.1) is 13.8 Å². The van der Waals surface area contributed by atoms with E-state index in [9.17, 15) is 9.59 Å². The summed E-state index contributed by atoms with van der Waals surface area (Å²) in [6, 6.07) is 7.00. The number of methoxy groups -OCH3 is 1. The number of carbonyl (C=O) groups is 1. The maximum absolute atomic E-state index is 12.1. The van der Waals surface area contributed by atoms with E-state index in [0.29, 0.717) is 21.9 Å². The number of rotatable bonds is 5. The molecule has 0 unspecified atom stereocenters. The molecule has 1 heterocycles. The van der Waals surface area contributed by atoms with Crippen molar-refractivity contribution in [3.05, 3.63) is 62.0 Å². The molecule has 1 aromatic heterocycles. The topological polar surface area (TPSA) is 71.2 Å². The van der Waals surface area contributed by atoms with Crippen LogP contribution in [0.25, 0.3) is 0 Å². The van der Waals surface area contributed by atoms with Crippen molar-refractivity contribution in [2.24, 2.45) is 0 Å². The van der Waals surface area contributed by atoms with Crippen molar-refractivity contribution in [1.29, 1.82) is 0 Å². The summed E-state index contributed by atoms with van der Waals surface area (Å²) in [7, 11) is 1.54. The van der Waals surface area contributed by atoms with Crippen LogP contribution >= 0.6 is 11.6 Å². The van der Waals surface area contributed by atoms with Crippen molar-refractivity contribution in [2.75, 3.05) is 7.11 Å². The van der Waals surface area contributed by atoms with Gasteiger partial charge in [0.05, 0.1) is 13.5 Å². The number of pyridine rings is 1. The Bertz CT molecular complexity index is 784. The van der Waals surface area contributed by atoms with E-state index in [-0.39, 0.29) is 24.4 Å². The van der Waals surface area contributed by atoms with Crippen molar-refractivity contribution < 1.29 is 9.53 Å². The molecule has 5 nitrogen and oxygen atoms in total. The molecule has 0 atom stereocenters. The van der Waals surface area contributed by atoms with E-state index in [4.69, 9.17) is 16.3 Å². The molecule has 0 saturated heterocycles. The molecule has 6 heteroatoms. The first kappa shape index (κ1) is 17.1. The molecular weight excluding hydrogens is 316 g/mol. The standard InChI is InChI=1S/C17H19ClN2O3/c1-10-6-11(2)20-17(22)14(10)9-19-16(21)8-12-7-13(18)4-5-15(12)23-3/h4-7H,8-9H2,1-3H3,(H,19,21)(H,20,22). The van der Waals surface area contributed by atoms with E-state index >= 15 is 0 Å². The van der Waals surface area contributed by atoms with E-state index < -0.39 is 0 Å². The fourth-order valence-electron chi connectivity index (χ4n) is 2.41. The molecule has 0 aliphatic rings. The summed E-state index contributed by atoms with van der Waals surface area (Å²) in [4.78, 5) is 26.8. The van der Waals surface area contributed by atoms with Crippen LogP contribution in [0.4, 0.5) is 0 Å². The molecule has 0 aliphatic heterocycles. The van der Waals surface area contributed by atoms with E-state index in [1.54, 1.807) is 25.3 Å². The van der Waals surface area contributed by atoms with Crippen LogP contribution < -0.4 is 15.6 Å². The minimum atomic E-state index is -0.204. The molecule has 0 saturated carbocycles. The SMILES string of the molecule is COc1ccc(Cl)cc1CC(=O)NCc1c(C)cc(C)[nH]c1=O. The number of aromatic nitrogens is 1. The predicted octanol–water partition coefficient (Wildman–Crippen LogP) is 2.51. The number of aromatic amines is 1. The highest BCUT2D eigenvalue weighted by Gasteiger charge is 2.11. The van der Waals surface area contributed by atoms with Crippen LogP contribution in [0.15, 0.2) is 29.1 Å². The molecule has 0 radical (unpaired) electrons. The summed E-state index contributed by atoms with van der Waals surface area (Å²) < 4.78 is 5.22. The van der Waals surface area contributed by atoms with Crippen LogP contribution in [0.5, 0.6) is 5.75 Å². The van der Waals surface area contributed by atoms with E-state index in [1.165, 1.54) is 0 Å². The summed E-state index contributed by atoms with van der Waals surface area (Å²) in [5.41, 5.74) is 2.73. The minimum absolute atomic E-state index is 0.131. The Hall–Kier alpha value is -2.27. The highest BCUT2D eigenvalue weighted by atomic mass is 35.5. The number of hydrogen-bond donors (Lipinski definition) is 2. The summed E-state index contributed by atoms with van der Waals surface area (Å²) in [6.07, 6.45) is 0.131. The van der Waals surface area contributed by atoms with E-state index in [2.05, 4.69) is 10.3 Å². The Morgan fingerprint density at radius 3 is 2.70 bits per heavy atom. The van der Waals surface area contributed by atoms with Gasteiger partial charge in [-0.05, 0) is 43.7 Å². The Morgan fingerprint density at radius 1 is 1.30 bits per heavy atom. The lowest BCUT2D eigenvalue weighted by atomic mass is 10.1. The van der Waals surface area contributed by atoms with Crippen LogP contribution in [0.2, 0.25) is 5.02 Å². The number of benzene rings is 1. The van der Waals surface area contributed by atoms with Gasteiger partial charge in [-0.1, -0.05) is 11.6 Å². The fraction of sp³-hybridized carbons (Fsp3) is 0.294. The van der Waals surface area contributed by atoms with Crippen LogP contribution in [0.3, 0.4) is 0 Å². The zero-order valence-corrected chi connectivity index (χ0v) is 14.1. The second-order valence-corrected chi connectivity index (χ2v) is 5.79.